The average molecular weight is 283 g/mol. The van der Waals surface area contributed by atoms with Gasteiger partial charge in [0.25, 0.3) is 11.6 Å². The number of aryl methyl sites for hydroxylation is 1. The summed E-state index contributed by atoms with van der Waals surface area (Å²) < 4.78 is 0. The zero-order chi connectivity index (χ0) is 14.2. The van der Waals surface area contributed by atoms with E-state index in [0.717, 1.165) is 6.54 Å². The lowest BCUT2D eigenvalue weighted by atomic mass is 10.1. The summed E-state index contributed by atoms with van der Waals surface area (Å²) in [7, 11) is 0. The summed E-state index contributed by atoms with van der Waals surface area (Å²) in [6, 6.07) is 1.71. The molecule has 19 heavy (non-hydrogen) atoms. The normalized spacial score (nSPS) is 23.4. The van der Waals surface area contributed by atoms with Crippen LogP contribution in [0.4, 0.5) is 5.69 Å². The quantitative estimate of drug-likeness (QED) is 0.663. The lowest BCUT2D eigenvalue weighted by Gasteiger charge is -2.38. The third-order valence-electron chi connectivity index (χ3n) is 3.59. The zero-order valence-corrected chi connectivity index (χ0v) is 12.0. The molecule has 2 heterocycles. The standard InChI is InChI=1S/C12H17N3O3S/c1-7-8(2)14(5-4-13-7)12(16)11-6-10(15(17)18)9(3)19-11/h6-8,13H,4-5H2,1-3H3. The summed E-state index contributed by atoms with van der Waals surface area (Å²) in [6.45, 7) is 7.08. The Kier molecular flexibility index (Phi) is 3.86. The summed E-state index contributed by atoms with van der Waals surface area (Å²) in [5.41, 5.74) is 0.0317. The van der Waals surface area contributed by atoms with Crippen molar-refractivity contribution in [2.75, 3.05) is 13.1 Å². The number of nitrogens with one attached hydrogen (secondary N) is 1. The Morgan fingerprint density at radius 2 is 2.26 bits per heavy atom. The van der Waals surface area contributed by atoms with Crippen LogP contribution in [0.2, 0.25) is 0 Å². The number of nitro groups is 1. The first-order chi connectivity index (χ1) is 8.91. The van der Waals surface area contributed by atoms with E-state index in [0.29, 0.717) is 16.3 Å². The molecule has 1 saturated heterocycles. The van der Waals surface area contributed by atoms with Gasteiger partial charge in [0.05, 0.1) is 14.7 Å². The number of thiophene rings is 1. The fourth-order valence-electron chi connectivity index (χ4n) is 2.24. The number of carbonyl (C=O) groups excluding carboxylic acids is 1. The van der Waals surface area contributed by atoms with E-state index in [1.807, 2.05) is 13.8 Å². The molecule has 2 rings (SSSR count). The van der Waals surface area contributed by atoms with Gasteiger partial charge in [0.2, 0.25) is 0 Å². The fourth-order valence-corrected chi connectivity index (χ4v) is 3.19. The molecule has 0 aliphatic carbocycles. The van der Waals surface area contributed by atoms with E-state index in [-0.39, 0.29) is 23.7 Å². The van der Waals surface area contributed by atoms with Crippen LogP contribution in [0.3, 0.4) is 0 Å². The SMILES string of the molecule is Cc1sc(C(=O)N2CCNC(C)C2C)cc1[N+](=O)[O-]. The minimum Gasteiger partial charge on any atom is -0.332 e. The largest absolute Gasteiger partial charge is 0.332 e. The van der Waals surface area contributed by atoms with Gasteiger partial charge in [-0.15, -0.1) is 11.3 Å². The Morgan fingerprint density at radius 3 is 2.84 bits per heavy atom. The van der Waals surface area contributed by atoms with Gasteiger partial charge in [-0.05, 0) is 20.8 Å². The molecule has 0 bridgehead atoms. The Balaban J connectivity index is 2.24. The molecule has 1 aliphatic rings. The van der Waals surface area contributed by atoms with Gasteiger partial charge < -0.3 is 10.2 Å². The minimum absolute atomic E-state index is 0.0317. The van der Waals surface area contributed by atoms with Crippen LogP contribution >= 0.6 is 11.3 Å². The first-order valence-corrected chi connectivity index (χ1v) is 7.02. The third-order valence-corrected chi connectivity index (χ3v) is 4.62. The van der Waals surface area contributed by atoms with Gasteiger partial charge in [-0.3, -0.25) is 14.9 Å². The van der Waals surface area contributed by atoms with E-state index in [9.17, 15) is 14.9 Å². The Morgan fingerprint density at radius 1 is 1.58 bits per heavy atom. The van der Waals surface area contributed by atoms with Gasteiger partial charge in [0, 0.05) is 31.2 Å². The van der Waals surface area contributed by atoms with Crippen LogP contribution in [-0.4, -0.2) is 40.9 Å². The Labute approximate surface area is 115 Å². The molecule has 0 saturated carbocycles. The first-order valence-electron chi connectivity index (χ1n) is 6.21. The number of hydrogen-bond acceptors (Lipinski definition) is 5. The van der Waals surface area contributed by atoms with Crippen LogP contribution in [0.1, 0.15) is 28.4 Å². The molecule has 1 aliphatic heterocycles. The van der Waals surface area contributed by atoms with Crippen molar-refractivity contribution < 1.29 is 9.72 Å². The molecule has 6 nitrogen and oxygen atoms in total. The molecule has 0 aromatic carbocycles. The van der Waals surface area contributed by atoms with Crippen molar-refractivity contribution in [2.45, 2.75) is 32.9 Å². The molecular weight excluding hydrogens is 266 g/mol. The molecule has 104 valence electrons. The topological polar surface area (TPSA) is 75.5 Å². The second kappa shape index (κ2) is 5.26. The highest BCUT2D eigenvalue weighted by molar-refractivity contribution is 7.14. The monoisotopic (exact) mass is 283 g/mol. The van der Waals surface area contributed by atoms with Crippen LogP contribution in [0, 0.1) is 17.0 Å². The Hall–Kier alpha value is -1.47. The number of nitrogens with zero attached hydrogens (tertiary/aromatic N) is 2. The molecule has 0 spiro atoms. The van der Waals surface area contributed by atoms with Crippen LogP contribution in [0.5, 0.6) is 0 Å². The predicted octanol–water partition coefficient (Wildman–Crippen LogP) is 1.79. The zero-order valence-electron chi connectivity index (χ0n) is 11.2. The molecule has 1 aromatic heterocycles. The first kappa shape index (κ1) is 14.0. The summed E-state index contributed by atoms with van der Waals surface area (Å²) in [5, 5.41) is 14.1. The maximum Gasteiger partial charge on any atom is 0.283 e. The summed E-state index contributed by atoms with van der Waals surface area (Å²) in [5.74, 6) is -0.109. The molecule has 2 atom stereocenters. The van der Waals surface area contributed by atoms with Crippen molar-refractivity contribution >= 4 is 22.9 Å². The smallest absolute Gasteiger partial charge is 0.283 e. The number of amides is 1. The summed E-state index contributed by atoms with van der Waals surface area (Å²) in [4.78, 5) is 25.6. The van der Waals surface area contributed by atoms with Crippen molar-refractivity contribution in [1.29, 1.82) is 0 Å². The van der Waals surface area contributed by atoms with E-state index in [2.05, 4.69) is 5.32 Å². The second-order valence-corrected chi connectivity index (χ2v) is 6.05. The van der Waals surface area contributed by atoms with E-state index in [1.54, 1.807) is 11.8 Å². The van der Waals surface area contributed by atoms with E-state index in [1.165, 1.54) is 17.4 Å². The molecule has 2 unspecified atom stereocenters. The van der Waals surface area contributed by atoms with Gasteiger partial charge in [0.15, 0.2) is 0 Å². The number of rotatable bonds is 2. The van der Waals surface area contributed by atoms with Gasteiger partial charge in [0.1, 0.15) is 0 Å². The van der Waals surface area contributed by atoms with Crippen molar-refractivity contribution in [3.63, 3.8) is 0 Å². The molecular formula is C12H17N3O3S. The maximum atomic E-state index is 12.4. The molecule has 0 radical (unpaired) electrons. The van der Waals surface area contributed by atoms with E-state index < -0.39 is 4.92 Å². The predicted molar refractivity (Wildman–Crippen MR) is 73.7 cm³/mol. The fraction of sp³-hybridized carbons (Fsp3) is 0.583. The van der Waals surface area contributed by atoms with Gasteiger partial charge in [-0.2, -0.15) is 0 Å². The minimum atomic E-state index is -0.438. The average Bonchev–Trinajstić information content (AvgIpc) is 2.74. The van der Waals surface area contributed by atoms with Crippen molar-refractivity contribution in [3.05, 3.63) is 25.9 Å². The molecule has 1 fully saturated rings. The lowest BCUT2D eigenvalue weighted by Crippen LogP contribution is -2.57. The highest BCUT2D eigenvalue weighted by atomic mass is 32.1. The van der Waals surface area contributed by atoms with Crippen LogP contribution in [0.25, 0.3) is 0 Å². The van der Waals surface area contributed by atoms with Crippen molar-refractivity contribution in [2.24, 2.45) is 0 Å². The number of hydrogen-bond donors (Lipinski definition) is 1. The van der Waals surface area contributed by atoms with E-state index in [4.69, 9.17) is 0 Å². The molecule has 1 aromatic rings. The second-order valence-electron chi connectivity index (χ2n) is 4.79. The number of piperazine rings is 1. The van der Waals surface area contributed by atoms with Crippen LogP contribution in [-0.2, 0) is 0 Å². The van der Waals surface area contributed by atoms with E-state index >= 15 is 0 Å². The summed E-state index contributed by atoms with van der Waals surface area (Å²) >= 11 is 1.19. The molecule has 7 heteroatoms. The van der Waals surface area contributed by atoms with Crippen molar-refractivity contribution in [1.82, 2.24) is 10.2 Å². The number of carbonyl (C=O) groups is 1. The van der Waals surface area contributed by atoms with Gasteiger partial charge in [-0.1, -0.05) is 0 Å². The van der Waals surface area contributed by atoms with Gasteiger partial charge in [-0.25, -0.2) is 0 Å². The highest BCUT2D eigenvalue weighted by Gasteiger charge is 2.31. The third kappa shape index (κ3) is 2.62. The Bertz CT molecular complexity index is 514. The highest BCUT2D eigenvalue weighted by Crippen LogP contribution is 2.29. The molecule has 1 N–H and O–H groups in total. The van der Waals surface area contributed by atoms with Crippen LogP contribution < -0.4 is 5.32 Å². The van der Waals surface area contributed by atoms with Crippen molar-refractivity contribution in [3.8, 4) is 0 Å². The maximum absolute atomic E-state index is 12.4. The molecule has 1 amide bonds. The van der Waals surface area contributed by atoms with Gasteiger partial charge >= 0.3 is 0 Å². The summed E-state index contributed by atoms with van der Waals surface area (Å²) in [6.07, 6.45) is 0. The van der Waals surface area contributed by atoms with Crippen LogP contribution in [0.15, 0.2) is 6.07 Å². The lowest BCUT2D eigenvalue weighted by molar-refractivity contribution is -0.385.